The SMILES string of the molecule is CCC(NC)c1ccccc1Sc1ncccn1. The summed E-state index contributed by atoms with van der Waals surface area (Å²) >= 11 is 1.61. The summed E-state index contributed by atoms with van der Waals surface area (Å²) in [4.78, 5) is 9.73. The van der Waals surface area contributed by atoms with E-state index in [1.54, 1.807) is 24.2 Å². The molecule has 94 valence electrons. The molecule has 0 saturated heterocycles. The number of aromatic nitrogens is 2. The van der Waals surface area contributed by atoms with Crippen molar-refractivity contribution in [2.45, 2.75) is 29.4 Å². The summed E-state index contributed by atoms with van der Waals surface area (Å²) in [6.07, 6.45) is 4.60. The lowest BCUT2D eigenvalue weighted by Crippen LogP contribution is -2.15. The molecule has 1 heterocycles. The third kappa shape index (κ3) is 3.09. The van der Waals surface area contributed by atoms with Gasteiger partial charge in [0.25, 0.3) is 0 Å². The number of hydrogen-bond acceptors (Lipinski definition) is 4. The smallest absolute Gasteiger partial charge is 0.192 e. The average Bonchev–Trinajstić information content (AvgIpc) is 2.43. The minimum atomic E-state index is 0.373. The summed E-state index contributed by atoms with van der Waals surface area (Å²) in [5, 5.41) is 4.13. The Labute approximate surface area is 112 Å². The molecule has 0 fully saturated rings. The summed E-state index contributed by atoms with van der Waals surface area (Å²) in [7, 11) is 1.99. The van der Waals surface area contributed by atoms with E-state index in [4.69, 9.17) is 0 Å². The lowest BCUT2D eigenvalue weighted by Gasteiger charge is -2.17. The van der Waals surface area contributed by atoms with Crippen LogP contribution in [-0.4, -0.2) is 17.0 Å². The van der Waals surface area contributed by atoms with Gasteiger partial charge in [-0.05, 0) is 42.9 Å². The topological polar surface area (TPSA) is 37.8 Å². The van der Waals surface area contributed by atoms with Crippen molar-refractivity contribution in [1.82, 2.24) is 15.3 Å². The van der Waals surface area contributed by atoms with Crippen molar-refractivity contribution < 1.29 is 0 Å². The quantitative estimate of drug-likeness (QED) is 0.836. The maximum Gasteiger partial charge on any atom is 0.192 e. The third-order valence-corrected chi connectivity index (χ3v) is 3.78. The third-order valence-electron chi connectivity index (χ3n) is 2.79. The predicted octanol–water partition coefficient (Wildman–Crippen LogP) is 3.30. The number of benzene rings is 1. The molecule has 0 aliphatic heterocycles. The van der Waals surface area contributed by atoms with Crippen molar-refractivity contribution in [3.8, 4) is 0 Å². The summed E-state index contributed by atoms with van der Waals surface area (Å²) < 4.78 is 0. The van der Waals surface area contributed by atoms with Crippen LogP contribution in [0.1, 0.15) is 24.9 Å². The molecule has 1 unspecified atom stereocenters. The zero-order valence-electron chi connectivity index (χ0n) is 10.6. The standard InChI is InChI=1S/C14H17N3S/c1-3-12(15-2)11-7-4-5-8-13(11)18-14-16-9-6-10-17-14/h4-10,12,15H,3H2,1-2H3. The lowest BCUT2D eigenvalue weighted by molar-refractivity contribution is 0.568. The van der Waals surface area contributed by atoms with Crippen LogP contribution < -0.4 is 5.32 Å². The van der Waals surface area contributed by atoms with Gasteiger partial charge in [0, 0.05) is 23.3 Å². The van der Waals surface area contributed by atoms with Gasteiger partial charge in [0.05, 0.1) is 0 Å². The van der Waals surface area contributed by atoms with E-state index in [-0.39, 0.29) is 0 Å². The first kappa shape index (κ1) is 13.1. The van der Waals surface area contributed by atoms with Crippen molar-refractivity contribution in [3.63, 3.8) is 0 Å². The molecule has 0 aliphatic rings. The fourth-order valence-corrected chi connectivity index (χ4v) is 2.78. The summed E-state index contributed by atoms with van der Waals surface area (Å²) in [5.74, 6) is 0. The molecule has 3 nitrogen and oxygen atoms in total. The maximum absolute atomic E-state index is 4.26. The molecule has 0 amide bonds. The van der Waals surface area contributed by atoms with Crippen LogP contribution in [0.4, 0.5) is 0 Å². The Morgan fingerprint density at radius 1 is 1.17 bits per heavy atom. The van der Waals surface area contributed by atoms with Gasteiger partial charge in [-0.3, -0.25) is 0 Å². The number of hydrogen-bond donors (Lipinski definition) is 1. The van der Waals surface area contributed by atoms with Crippen molar-refractivity contribution >= 4 is 11.8 Å². The van der Waals surface area contributed by atoms with Gasteiger partial charge in [0.2, 0.25) is 0 Å². The minimum absolute atomic E-state index is 0.373. The molecule has 1 atom stereocenters. The summed E-state index contributed by atoms with van der Waals surface area (Å²) in [6.45, 7) is 2.18. The molecule has 1 N–H and O–H groups in total. The van der Waals surface area contributed by atoms with E-state index in [0.29, 0.717) is 6.04 Å². The van der Waals surface area contributed by atoms with Crippen LogP contribution in [0, 0.1) is 0 Å². The van der Waals surface area contributed by atoms with E-state index in [2.05, 4.69) is 46.5 Å². The first-order chi connectivity index (χ1) is 8.85. The highest BCUT2D eigenvalue weighted by Crippen LogP contribution is 2.31. The zero-order chi connectivity index (χ0) is 12.8. The van der Waals surface area contributed by atoms with Crippen LogP contribution in [0.2, 0.25) is 0 Å². The molecule has 0 saturated carbocycles. The molecule has 18 heavy (non-hydrogen) atoms. The molecule has 1 aromatic carbocycles. The average molecular weight is 259 g/mol. The van der Waals surface area contributed by atoms with Gasteiger partial charge in [-0.2, -0.15) is 0 Å². The molecule has 0 bridgehead atoms. The van der Waals surface area contributed by atoms with E-state index in [9.17, 15) is 0 Å². The molecular weight excluding hydrogens is 242 g/mol. The Balaban J connectivity index is 2.28. The molecule has 1 aromatic heterocycles. The van der Waals surface area contributed by atoms with Crippen molar-refractivity contribution in [3.05, 3.63) is 48.3 Å². The van der Waals surface area contributed by atoms with Gasteiger partial charge >= 0.3 is 0 Å². The molecule has 2 rings (SSSR count). The monoisotopic (exact) mass is 259 g/mol. The van der Waals surface area contributed by atoms with Gasteiger partial charge in [-0.1, -0.05) is 25.1 Å². The van der Waals surface area contributed by atoms with Crippen LogP contribution in [0.5, 0.6) is 0 Å². The van der Waals surface area contributed by atoms with Crippen LogP contribution in [0.3, 0.4) is 0 Å². The molecular formula is C14H17N3S. The van der Waals surface area contributed by atoms with E-state index in [1.807, 2.05) is 13.1 Å². The van der Waals surface area contributed by atoms with E-state index >= 15 is 0 Å². The fraction of sp³-hybridized carbons (Fsp3) is 0.286. The van der Waals surface area contributed by atoms with E-state index in [0.717, 1.165) is 11.6 Å². The first-order valence-electron chi connectivity index (χ1n) is 6.06. The minimum Gasteiger partial charge on any atom is -0.313 e. The Morgan fingerprint density at radius 3 is 2.56 bits per heavy atom. The Bertz CT molecular complexity index is 483. The Kier molecular flexibility index (Phi) is 4.73. The van der Waals surface area contributed by atoms with Crippen molar-refractivity contribution in [1.29, 1.82) is 0 Å². The van der Waals surface area contributed by atoms with E-state index in [1.165, 1.54) is 10.5 Å². The van der Waals surface area contributed by atoms with Crippen LogP contribution >= 0.6 is 11.8 Å². The largest absolute Gasteiger partial charge is 0.313 e. The highest BCUT2D eigenvalue weighted by molar-refractivity contribution is 7.99. The Hall–Kier alpha value is -1.39. The number of nitrogens with zero attached hydrogens (tertiary/aromatic N) is 2. The van der Waals surface area contributed by atoms with Gasteiger partial charge < -0.3 is 5.32 Å². The maximum atomic E-state index is 4.26. The normalized spacial score (nSPS) is 12.3. The molecule has 0 radical (unpaired) electrons. The highest BCUT2D eigenvalue weighted by Gasteiger charge is 2.12. The van der Waals surface area contributed by atoms with E-state index < -0.39 is 0 Å². The number of nitrogens with one attached hydrogen (secondary N) is 1. The molecule has 2 aromatic rings. The summed E-state index contributed by atoms with van der Waals surface area (Å²) in [6, 6.07) is 10.6. The molecule has 0 spiro atoms. The fourth-order valence-electron chi connectivity index (χ4n) is 1.88. The highest BCUT2D eigenvalue weighted by atomic mass is 32.2. The Morgan fingerprint density at radius 2 is 1.89 bits per heavy atom. The van der Waals surface area contributed by atoms with Crippen molar-refractivity contribution in [2.75, 3.05) is 7.05 Å². The second kappa shape index (κ2) is 6.52. The van der Waals surface area contributed by atoms with Crippen LogP contribution in [0.25, 0.3) is 0 Å². The van der Waals surface area contributed by atoms with Gasteiger partial charge in [-0.15, -0.1) is 0 Å². The molecule has 4 heteroatoms. The lowest BCUT2D eigenvalue weighted by atomic mass is 10.1. The number of rotatable bonds is 5. The van der Waals surface area contributed by atoms with Crippen LogP contribution in [-0.2, 0) is 0 Å². The van der Waals surface area contributed by atoms with Crippen molar-refractivity contribution in [2.24, 2.45) is 0 Å². The van der Waals surface area contributed by atoms with Gasteiger partial charge in [0.15, 0.2) is 5.16 Å². The first-order valence-corrected chi connectivity index (χ1v) is 6.88. The predicted molar refractivity (Wildman–Crippen MR) is 74.7 cm³/mol. The summed E-state index contributed by atoms with van der Waals surface area (Å²) in [5.41, 5.74) is 1.31. The zero-order valence-corrected chi connectivity index (χ0v) is 11.4. The second-order valence-electron chi connectivity index (χ2n) is 3.92. The van der Waals surface area contributed by atoms with Crippen LogP contribution in [0.15, 0.2) is 52.8 Å². The second-order valence-corrected chi connectivity index (χ2v) is 4.93. The molecule has 0 aliphatic carbocycles. The van der Waals surface area contributed by atoms with Gasteiger partial charge in [-0.25, -0.2) is 9.97 Å². The van der Waals surface area contributed by atoms with Gasteiger partial charge in [0.1, 0.15) is 0 Å².